The normalized spacial score (nSPS) is 10.6. The van der Waals surface area contributed by atoms with Crippen LogP contribution in [0.1, 0.15) is 17.9 Å². The van der Waals surface area contributed by atoms with Crippen LogP contribution in [0.4, 0.5) is 8.78 Å². The van der Waals surface area contributed by atoms with Gasteiger partial charge in [0, 0.05) is 24.9 Å². The van der Waals surface area contributed by atoms with Crippen LogP contribution in [-0.4, -0.2) is 16.0 Å². The number of amides is 1. The summed E-state index contributed by atoms with van der Waals surface area (Å²) in [5, 5.41) is 6.35. The summed E-state index contributed by atoms with van der Waals surface area (Å²) in [5.74, 6) is -0.709. The monoisotopic (exact) mass is 343 g/mol. The summed E-state index contributed by atoms with van der Waals surface area (Å²) < 4.78 is 32.2. The molecule has 0 spiro atoms. The van der Waals surface area contributed by atoms with Gasteiger partial charge >= 0.3 is 0 Å². The van der Waals surface area contributed by atoms with E-state index in [2.05, 4.69) is 15.5 Å². The number of hydrogen-bond donors (Lipinski definition) is 1. The molecule has 0 unspecified atom stereocenters. The highest BCUT2D eigenvalue weighted by molar-refractivity contribution is 5.76. The highest BCUT2D eigenvalue weighted by atomic mass is 19.1. The Labute approximate surface area is 142 Å². The van der Waals surface area contributed by atoms with Gasteiger partial charge in [-0.25, -0.2) is 8.78 Å². The highest BCUT2D eigenvalue weighted by Gasteiger charge is 2.13. The molecular formula is C18H15F2N3O2. The summed E-state index contributed by atoms with van der Waals surface area (Å²) >= 11 is 0. The van der Waals surface area contributed by atoms with Crippen molar-refractivity contribution in [3.05, 3.63) is 71.6 Å². The smallest absolute Gasteiger partial charge is 0.227 e. The van der Waals surface area contributed by atoms with Crippen LogP contribution < -0.4 is 5.32 Å². The second kappa shape index (κ2) is 7.65. The van der Waals surface area contributed by atoms with Crippen LogP contribution in [0.3, 0.4) is 0 Å². The van der Waals surface area contributed by atoms with Crippen molar-refractivity contribution >= 4 is 5.91 Å². The molecule has 3 aromatic rings. The van der Waals surface area contributed by atoms with Crippen molar-refractivity contribution in [2.45, 2.75) is 19.4 Å². The van der Waals surface area contributed by atoms with Gasteiger partial charge in [0.1, 0.15) is 11.6 Å². The third-order valence-corrected chi connectivity index (χ3v) is 3.58. The molecule has 128 valence electrons. The molecule has 0 aliphatic rings. The first-order valence-electron chi connectivity index (χ1n) is 7.71. The predicted molar refractivity (Wildman–Crippen MR) is 86.3 cm³/mol. The fraction of sp³-hybridized carbons (Fsp3) is 0.167. The van der Waals surface area contributed by atoms with Gasteiger partial charge in [-0.05, 0) is 18.2 Å². The Morgan fingerprint density at radius 3 is 2.52 bits per heavy atom. The second-order valence-corrected chi connectivity index (χ2v) is 5.36. The van der Waals surface area contributed by atoms with E-state index in [9.17, 15) is 13.6 Å². The lowest BCUT2D eigenvalue weighted by Crippen LogP contribution is -2.23. The molecule has 1 amide bonds. The first-order chi connectivity index (χ1) is 12.1. The largest absolute Gasteiger partial charge is 0.352 e. The number of benzene rings is 2. The fourth-order valence-electron chi connectivity index (χ4n) is 2.25. The standard InChI is InChI=1S/C18H15F2N3O2/c19-14-7-3-1-5-12(14)11-21-16(24)9-10-17-22-18(23-25-17)13-6-2-4-8-15(13)20/h1-8H,9-11H2,(H,21,24). The van der Waals surface area contributed by atoms with Crippen molar-refractivity contribution < 1.29 is 18.1 Å². The summed E-state index contributed by atoms with van der Waals surface area (Å²) in [6.45, 7) is 0.107. The summed E-state index contributed by atoms with van der Waals surface area (Å²) in [6, 6.07) is 12.3. The Bertz CT molecular complexity index is 880. The van der Waals surface area contributed by atoms with Gasteiger partial charge in [-0.1, -0.05) is 35.5 Å². The number of carbonyl (C=O) groups excluding carboxylic acids is 1. The minimum Gasteiger partial charge on any atom is -0.352 e. The lowest BCUT2D eigenvalue weighted by Gasteiger charge is -2.05. The van der Waals surface area contributed by atoms with E-state index < -0.39 is 5.82 Å². The summed E-state index contributed by atoms with van der Waals surface area (Å²) in [5.41, 5.74) is 0.650. The average Bonchev–Trinajstić information content (AvgIpc) is 3.08. The van der Waals surface area contributed by atoms with Crippen LogP contribution in [0.25, 0.3) is 11.4 Å². The third-order valence-electron chi connectivity index (χ3n) is 3.58. The zero-order valence-electron chi connectivity index (χ0n) is 13.2. The maximum atomic E-state index is 13.7. The van der Waals surface area contributed by atoms with Gasteiger partial charge in [-0.3, -0.25) is 4.79 Å². The number of hydrogen-bond acceptors (Lipinski definition) is 4. The second-order valence-electron chi connectivity index (χ2n) is 5.36. The average molecular weight is 343 g/mol. The third kappa shape index (κ3) is 4.26. The molecule has 0 aliphatic heterocycles. The molecule has 1 aromatic heterocycles. The van der Waals surface area contributed by atoms with E-state index in [1.165, 1.54) is 12.1 Å². The van der Waals surface area contributed by atoms with Crippen molar-refractivity contribution in [3.63, 3.8) is 0 Å². The molecule has 2 aromatic carbocycles. The maximum Gasteiger partial charge on any atom is 0.227 e. The van der Waals surface area contributed by atoms with Crippen LogP contribution in [0.15, 0.2) is 53.1 Å². The van der Waals surface area contributed by atoms with E-state index in [1.54, 1.807) is 36.4 Å². The molecule has 0 aliphatic carbocycles. The number of aryl methyl sites for hydroxylation is 1. The van der Waals surface area contributed by atoms with E-state index >= 15 is 0 Å². The quantitative estimate of drug-likeness (QED) is 0.746. The number of aromatic nitrogens is 2. The zero-order valence-corrected chi connectivity index (χ0v) is 13.2. The van der Waals surface area contributed by atoms with Crippen LogP contribution in [0, 0.1) is 11.6 Å². The van der Waals surface area contributed by atoms with Crippen LogP contribution in [0.2, 0.25) is 0 Å². The molecule has 3 rings (SSSR count). The summed E-state index contributed by atoms with van der Waals surface area (Å²) in [6.07, 6.45) is 0.317. The Morgan fingerprint density at radius 1 is 1.04 bits per heavy atom. The minimum absolute atomic E-state index is 0.105. The van der Waals surface area contributed by atoms with E-state index in [0.717, 1.165) is 0 Å². The summed E-state index contributed by atoms with van der Waals surface area (Å²) in [4.78, 5) is 15.9. The van der Waals surface area contributed by atoms with Crippen LogP contribution >= 0.6 is 0 Å². The number of nitrogens with zero attached hydrogens (tertiary/aromatic N) is 2. The molecule has 5 nitrogen and oxygen atoms in total. The minimum atomic E-state index is -0.447. The molecule has 0 saturated heterocycles. The number of carbonyl (C=O) groups is 1. The number of nitrogens with one attached hydrogen (secondary N) is 1. The van der Waals surface area contributed by atoms with E-state index in [0.29, 0.717) is 5.56 Å². The lowest BCUT2D eigenvalue weighted by molar-refractivity contribution is -0.121. The van der Waals surface area contributed by atoms with E-state index in [1.807, 2.05) is 0 Å². The van der Waals surface area contributed by atoms with Crippen molar-refractivity contribution in [1.29, 1.82) is 0 Å². The van der Waals surface area contributed by atoms with Crippen molar-refractivity contribution in [2.24, 2.45) is 0 Å². The Kier molecular flexibility index (Phi) is 5.13. The summed E-state index contributed by atoms with van der Waals surface area (Å²) in [7, 11) is 0. The van der Waals surface area contributed by atoms with Crippen LogP contribution in [0.5, 0.6) is 0 Å². The first-order valence-corrected chi connectivity index (χ1v) is 7.71. The Hall–Kier alpha value is -3.09. The fourth-order valence-corrected chi connectivity index (χ4v) is 2.25. The van der Waals surface area contributed by atoms with Crippen molar-refractivity contribution in [3.8, 4) is 11.4 Å². The molecule has 0 radical (unpaired) electrons. The molecule has 1 N–H and O–H groups in total. The van der Waals surface area contributed by atoms with Gasteiger partial charge in [0.15, 0.2) is 0 Å². The molecule has 25 heavy (non-hydrogen) atoms. The van der Waals surface area contributed by atoms with Gasteiger partial charge in [0.05, 0.1) is 5.56 Å². The predicted octanol–water partition coefficient (Wildman–Crippen LogP) is 3.26. The number of halogens is 2. The maximum absolute atomic E-state index is 13.7. The first kappa shape index (κ1) is 16.8. The van der Waals surface area contributed by atoms with Gasteiger partial charge in [-0.2, -0.15) is 4.98 Å². The van der Waals surface area contributed by atoms with Crippen LogP contribution in [-0.2, 0) is 17.8 Å². The molecule has 7 heteroatoms. The van der Waals surface area contributed by atoms with E-state index in [4.69, 9.17) is 4.52 Å². The zero-order chi connectivity index (χ0) is 17.6. The van der Waals surface area contributed by atoms with Gasteiger partial charge in [-0.15, -0.1) is 0 Å². The molecule has 1 heterocycles. The highest BCUT2D eigenvalue weighted by Crippen LogP contribution is 2.19. The molecule has 0 fully saturated rings. The Morgan fingerprint density at radius 2 is 1.76 bits per heavy atom. The molecule has 0 bridgehead atoms. The molecule has 0 atom stereocenters. The lowest BCUT2D eigenvalue weighted by atomic mass is 10.2. The molecule has 0 saturated carbocycles. The van der Waals surface area contributed by atoms with Crippen molar-refractivity contribution in [2.75, 3.05) is 0 Å². The van der Waals surface area contributed by atoms with Crippen molar-refractivity contribution in [1.82, 2.24) is 15.5 Å². The SMILES string of the molecule is O=C(CCc1nc(-c2ccccc2F)no1)NCc1ccccc1F. The van der Waals surface area contributed by atoms with E-state index in [-0.39, 0.29) is 48.4 Å². The van der Waals surface area contributed by atoms with Gasteiger partial charge < -0.3 is 9.84 Å². The number of rotatable bonds is 6. The van der Waals surface area contributed by atoms with Gasteiger partial charge in [0.2, 0.25) is 17.6 Å². The molecular weight excluding hydrogens is 328 g/mol. The van der Waals surface area contributed by atoms with Gasteiger partial charge in [0.25, 0.3) is 0 Å². The Balaban J connectivity index is 1.53. The topological polar surface area (TPSA) is 68.0 Å².